The van der Waals surface area contributed by atoms with Crippen LogP contribution in [0, 0.1) is 5.92 Å². The van der Waals surface area contributed by atoms with Gasteiger partial charge in [0.15, 0.2) is 0 Å². The largest absolute Gasteiger partial charge is 0.306 e. The first-order valence-electron chi connectivity index (χ1n) is 4.95. The highest BCUT2D eigenvalue weighted by Crippen LogP contribution is 2.19. The predicted molar refractivity (Wildman–Crippen MR) is 53.8 cm³/mol. The molecule has 0 saturated carbocycles. The van der Waals surface area contributed by atoms with E-state index in [1.165, 1.54) is 19.4 Å². The third-order valence-corrected chi connectivity index (χ3v) is 2.88. The number of likely N-dealkylation sites (N-methyl/N-ethyl adjacent to an activating group) is 1. The molecule has 0 N–H and O–H groups in total. The van der Waals surface area contributed by atoms with Crippen molar-refractivity contribution in [2.45, 2.75) is 18.9 Å². The van der Waals surface area contributed by atoms with Crippen LogP contribution in [0.2, 0.25) is 0 Å². The van der Waals surface area contributed by atoms with E-state index >= 15 is 0 Å². The maximum Gasteiger partial charge on any atom is 0.137 e. The summed E-state index contributed by atoms with van der Waals surface area (Å²) in [6.07, 6.45) is 3.50. The molecule has 0 radical (unpaired) electrons. The number of nitrogens with zero attached hydrogens (tertiary/aromatic N) is 2. The molecule has 1 fully saturated rings. The van der Waals surface area contributed by atoms with E-state index in [4.69, 9.17) is 0 Å². The first kappa shape index (κ1) is 10.7. The van der Waals surface area contributed by atoms with Crippen LogP contribution in [0.5, 0.6) is 0 Å². The Bertz CT molecular complexity index is 170. The molecular formula is C10H20N2O. The number of piperidine rings is 1. The van der Waals surface area contributed by atoms with Crippen molar-refractivity contribution in [2.24, 2.45) is 5.92 Å². The molecule has 0 aliphatic carbocycles. The van der Waals surface area contributed by atoms with Crippen molar-refractivity contribution in [2.75, 3.05) is 34.2 Å². The van der Waals surface area contributed by atoms with E-state index in [2.05, 4.69) is 11.9 Å². The van der Waals surface area contributed by atoms with E-state index in [1.807, 2.05) is 19.0 Å². The minimum atomic E-state index is 0.0998. The summed E-state index contributed by atoms with van der Waals surface area (Å²) in [7, 11) is 6.09. The molecule has 0 aromatic rings. The zero-order valence-corrected chi connectivity index (χ0v) is 8.86. The fraction of sp³-hybridized carbons (Fsp3) is 0.900. The maximum atomic E-state index is 10.9. The monoisotopic (exact) mass is 184 g/mol. The lowest BCUT2D eigenvalue weighted by atomic mass is 9.91. The van der Waals surface area contributed by atoms with E-state index in [-0.39, 0.29) is 6.04 Å². The number of carbonyl (C=O) groups is 1. The van der Waals surface area contributed by atoms with Crippen LogP contribution in [-0.4, -0.2) is 56.4 Å². The maximum absolute atomic E-state index is 10.9. The molecule has 1 heterocycles. The summed E-state index contributed by atoms with van der Waals surface area (Å²) in [5, 5.41) is 0. The molecule has 0 amide bonds. The molecule has 1 aliphatic heterocycles. The second kappa shape index (κ2) is 4.72. The fourth-order valence-electron chi connectivity index (χ4n) is 2.14. The van der Waals surface area contributed by atoms with Gasteiger partial charge in [-0.3, -0.25) is 4.90 Å². The molecule has 3 heteroatoms. The van der Waals surface area contributed by atoms with Gasteiger partial charge in [0.2, 0.25) is 0 Å². The SMILES string of the molecule is CN1CCCC(C(C=O)N(C)C)C1. The molecule has 76 valence electrons. The van der Waals surface area contributed by atoms with Crippen LogP contribution in [0.3, 0.4) is 0 Å². The van der Waals surface area contributed by atoms with Gasteiger partial charge in [-0.15, -0.1) is 0 Å². The Balaban J connectivity index is 2.52. The molecule has 3 nitrogen and oxygen atoms in total. The second-order valence-electron chi connectivity index (χ2n) is 4.25. The predicted octanol–water partition coefficient (Wildman–Crippen LogP) is 0.457. The fourth-order valence-corrected chi connectivity index (χ4v) is 2.14. The summed E-state index contributed by atoms with van der Waals surface area (Å²) in [6, 6.07) is 0.0998. The van der Waals surface area contributed by atoms with Crippen molar-refractivity contribution < 1.29 is 4.79 Å². The average Bonchev–Trinajstić information content (AvgIpc) is 2.04. The van der Waals surface area contributed by atoms with E-state index in [9.17, 15) is 4.79 Å². The van der Waals surface area contributed by atoms with Crippen LogP contribution in [0.15, 0.2) is 0 Å². The topological polar surface area (TPSA) is 23.6 Å². The Kier molecular flexibility index (Phi) is 3.88. The third-order valence-electron chi connectivity index (χ3n) is 2.88. The molecule has 2 atom stereocenters. The number of likely N-dealkylation sites (tertiary alicyclic amines) is 1. The van der Waals surface area contributed by atoms with Crippen LogP contribution in [-0.2, 0) is 4.79 Å². The lowest BCUT2D eigenvalue weighted by molar-refractivity contribution is -0.113. The van der Waals surface area contributed by atoms with Crippen molar-refractivity contribution in [3.63, 3.8) is 0 Å². The van der Waals surface area contributed by atoms with E-state index in [0.717, 1.165) is 12.8 Å². The molecular weight excluding hydrogens is 164 g/mol. The van der Waals surface area contributed by atoms with Crippen LogP contribution in [0.4, 0.5) is 0 Å². The molecule has 0 aromatic heterocycles. The Labute approximate surface area is 80.7 Å². The second-order valence-corrected chi connectivity index (χ2v) is 4.25. The summed E-state index contributed by atoms with van der Waals surface area (Å²) in [5.41, 5.74) is 0. The van der Waals surface area contributed by atoms with Crippen LogP contribution in [0.1, 0.15) is 12.8 Å². The van der Waals surface area contributed by atoms with E-state index < -0.39 is 0 Å². The number of hydrogen-bond acceptors (Lipinski definition) is 3. The van der Waals surface area contributed by atoms with Gasteiger partial charge in [0, 0.05) is 6.54 Å². The third kappa shape index (κ3) is 2.78. The lowest BCUT2D eigenvalue weighted by Gasteiger charge is -2.35. The summed E-state index contributed by atoms with van der Waals surface area (Å²) in [5.74, 6) is 0.520. The molecule has 13 heavy (non-hydrogen) atoms. The number of aldehydes is 1. The molecule has 1 aliphatic rings. The molecule has 1 rings (SSSR count). The van der Waals surface area contributed by atoms with Gasteiger partial charge in [0.1, 0.15) is 6.29 Å². The normalized spacial score (nSPS) is 27.5. The van der Waals surface area contributed by atoms with Gasteiger partial charge in [0.25, 0.3) is 0 Å². The van der Waals surface area contributed by atoms with Crippen LogP contribution >= 0.6 is 0 Å². The van der Waals surface area contributed by atoms with Gasteiger partial charge >= 0.3 is 0 Å². The van der Waals surface area contributed by atoms with Gasteiger partial charge in [-0.1, -0.05) is 0 Å². The lowest BCUT2D eigenvalue weighted by Crippen LogP contribution is -2.44. The smallest absolute Gasteiger partial charge is 0.137 e. The summed E-state index contributed by atoms with van der Waals surface area (Å²) in [6.45, 7) is 2.23. The van der Waals surface area contributed by atoms with Gasteiger partial charge in [-0.2, -0.15) is 0 Å². The minimum absolute atomic E-state index is 0.0998. The Morgan fingerprint density at radius 3 is 2.69 bits per heavy atom. The highest BCUT2D eigenvalue weighted by molar-refractivity contribution is 5.58. The van der Waals surface area contributed by atoms with Gasteiger partial charge in [-0.05, 0) is 46.4 Å². The first-order valence-corrected chi connectivity index (χ1v) is 4.95. The molecule has 0 bridgehead atoms. The number of carbonyl (C=O) groups excluding carboxylic acids is 1. The quantitative estimate of drug-likeness (QED) is 0.595. The Hall–Kier alpha value is -0.410. The minimum Gasteiger partial charge on any atom is -0.306 e. The van der Waals surface area contributed by atoms with E-state index in [0.29, 0.717) is 5.92 Å². The highest BCUT2D eigenvalue weighted by atomic mass is 16.1. The Morgan fingerprint density at radius 2 is 2.23 bits per heavy atom. The summed E-state index contributed by atoms with van der Waals surface area (Å²) >= 11 is 0. The van der Waals surface area contributed by atoms with Gasteiger partial charge < -0.3 is 9.69 Å². The molecule has 1 saturated heterocycles. The zero-order chi connectivity index (χ0) is 9.84. The summed E-state index contributed by atoms with van der Waals surface area (Å²) in [4.78, 5) is 15.2. The Morgan fingerprint density at radius 1 is 1.54 bits per heavy atom. The summed E-state index contributed by atoms with van der Waals surface area (Å²) < 4.78 is 0. The van der Waals surface area contributed by atoms with Crippen molar-refractivity contribution in [1.29, 1.82) is 0 Å². The standard InChI is InChI=1S/C10H20N2O/c1-11(2)10(8-13)9-5-4-6-12(3)7-9/h8-10H,4-7H2,1-3H3. The van der Waals surface area contributed by atoms with Crippen molar-refractivity contribution in [1.82, 2.24) is 9.80 Å². The molecule has 0 aromatic carbocycles. The molecule has 2 unspecified atom stereocenters. The zero-order valence-electron chi connectivity index (χ0n) is 8.86. The molecule has 0 spiro atoms. The van der Waals surface area contributed by atoms with Gasteiger partial charge in [-0.25, -0.2) is 0 Å². The van der Waals surface area contributed by atoms with Crippen LogP contribution < -0.4 is 0 Å². The first-order chi connectivity index (χ1) is 6.15. The van der Waals surface area contributed by atoms with Crippen molar-refractivity contribution >= 4 is 6.29 Å². The van der Waals surface area contributed by atoms with Crippen molar-refractivity contribution in [3.8, 4) is 0 Å². The average molecular weight is 184 g/mol. The van der Waals surface area contributed by atoms with Crippen molar-refractivity contribution in [3.05, 3.63) is 0 Å². The van der Waals surface area contributed by atoms with E-state index in [1.54, 1.807) is 0 Å². The highest BCUT2D eigenvalue weighted by Gasteiger charge is 2.26. The number of hydrogen-bond donors (Lipinski definition) is 0. The van der Waals surface area contributed by atoms with Gasteiger partial charge in [0.05, 0.1) is 6.04 Å². The van der Waals surface area contributed by atoms with Crippen LogP contribution in [0.25, 0.3) is 0 Å². The number of rotatable bonds is 3.